The molecule has 57 heavy (non-hydrogen) atoms. The third-order valence-electron chi connectivity index (χ3n) is 11.7. The van der Waals surface area contributed by atoms with Gasteiger partial charge in [0.05, 0.1) is 22.1 Å². The Kier molecular flexibility index (Phi) is 6.93. The Labute approximate surface area is 328 Å². The molecule has 3 heterocycles. The van der Waals surface area contributed by atoms with Gasteiger partial charge >= 0.3 is 0 Å². The second kappa shape index (κ2) is 12.5. The highest BCUT2D eigenvalue weighted by Crippen LogP contribution is 2.44. The Balaban J connectivity index is 1.08. The van der Waals surface area contributed by atoms with E-state index in [1.165, 1.54) is 65.9 Å². The number of hydrogen-bond acceptors (Lipinski definition) is 1. The third kappa shape index (κ3) is 4.86. The molecule has 0 saturated heterocycles. The molecule has 0 saturated carbocycles. The average molecular weight is 727 g/mol. The monoisotopic (exact) mass is 726 g/mol. The molecule has 0 aliphatic heterocycles. The third-order valence-corrected chi connectivity index (χ3v) is 11.7. The van der Waals surface area contributed by atoms with Crippen molar-refractivity contribution in [1.29, 1.82) is 0 Å². The molecule has 3 aromatic heterocycles. The van der Waals surface area contributed by atoms with E-state index in [1.807, 2.05) is 12.1 Å². The molecule has 0 N–H and O–H groups in total. The summed E-state index contributed by atoms with van der Waals surface area (Å²) >= 11 is 0. The minimum atomic E-state index is 0.912. The Hall–Kier alpha value is -7.62. The smallest absolute Gasteiger partial charge is 0.143 e. The number of fused-ring (bicyclic) bond motifs is 10. The van der Waals surface area contributed by atoms with Crippen molar-refractivity contribution >= 4 is 65.6 Å². The van der Waals surface area contributed by atoms with E-state index in [1.54, 1.807) is 0 Å². The van der Waals surface area contributed by atoms with Crippen LogP contribution in [0.25, 0.3) is 110 Å². The van der Waals surface area contributed by atoms with E-state index >= 15 is 0 Å². The van der Waals surface area contributed by atoms with Gasteiger partial charge in [0.15, 0.2) is 0 Å². The van der Waals surface area contributed by atoms with Crippen molar-refractivity contribution in [3.63, 3.8) is 0 Å². The summed E-state index contributed by atoms with van der Waals surface area (Å²) in [6.07, 6.45) is 0. The van der Waals surface area contributed by atoms with Crippen LogP contribution >= 0.6 is 0 Å². The minimum Gasteiger partial charge on any atom is -0.455 e. The van der Waals surface area contributed by atoms with E-state index in [4.69, 9.17) is 4.42 Å². The highest BCUT2D eigenvalue weighted by Gasteiger charge is 2.21. The normalized spacial score (nSPS) is 11.9. The summed E-state index contributed by atoms with van der Waals surface area (Å²) in [6, 6.07) is 74.4. The fourth-order valence-electron chi connectivity index (χ4n) is 9.17. The molecule has 0 radical (unpaired) electrons. The highest BCUT2D eigenvalue weighted by atomic mass is 16.3. The molecule has 0 aliphatic carbocycles. The first-order chi connectivity index (χ1) is 28.3. The summed E-state index contributed by atoms with van der Waals surface area (Å²) in [6.45, 7) is 0. The van der Waals surface area contributed by atoms with E-state index in [0.29, 0.717) is 0 Å². The highest BCUT2D eigenvalue weighted by molar-refractivity contribution is 6.29. The molecule has 0 spiro atoms. The molecule has 9 aromatic carbocycles. The summed E-state index contributed by atoms with van der Waals surface area (Å²) in [5.74, 6) is 0. The van der Waals surface area contributed by atoms with Crippen LogP contribution in [0.5, 0.6) is 0 Å². The topological polar surface area (TPSA) is 23.0 Å². The lowest BCUT2D eigenvalue weighted by Crippen LogP contribution is -1.96. The maximum atomic E-state index is 6.42. The lowest BCUT2D eigenvalue weighted by atomic mass is 9.98. The molecule has 0 unspecified atom stereocenters. The maximum absolute atomic E-state index is 6.42. The molecule has 3 heteroatoms. The Bertz CT molecular complexity index is 3440. The molecule has 3 nitrogen and oxygen atoms in total. The van der Waals surface area contributed by atoms with Crippen molar-refractivity contribution in [2.75, 3.05) is 0 Å². The summed E-state index contributed by atoms with van der Waals surface area (Å²) in [7, 11) is 0. The number of furan rings is 1. The lowest BCUT2D eigenvalue weighted by molar-refractivity contribution is 0.670. The van der Waals surface area contributed by atoms with Gasteiger partial charge in [0.25, 0.3) is 0 Å². The van der Waals surface area contributed by atoms with Crippen LogP contribution in [0.3, 0.4) is 0 Å². The zero-order chi connectivity index (χ0) is 37.5. The molecule has 12 aromatic rings. The zero-order valence-electron chi connectivity index (χ0n) is 30.9. The molecule has 0 aliphatic rings. The number of aromatic nitrogens is 2. The molecule has 0 atom stereocenters. The zero-order valence-corrected chi connectivity index (χ0v) is 30.9. The molecule has 0 fully saturated rings. The van der Waals surface area contributed by atoms with Crippen LogP contribution in [0.15, 0.2) is 211 Å². The van der Waals surface area contributed by atoms with Gasteiger partial charge in [-0.3, -0.25) is 0 Å². The average Bonchev–Trinajstić information content (AvgIpc) is 3.95. The van der Waals surface area contributed by atoms with Gasteiger partial charge in [-0.1, -0.05) is 146 Å². The SMILES string of the molecule is c1ccc(-c2cc(-c3ccccc3)cc(-n3c4ccccc4c4c5c6ccccc6n(-c6ccc(-c7cccc8c7oc7ccccc78)cc6)c5ccc43)c2)cc1. The quantitative estimate of drug-likeness (QED) is 0.173. The summed E-state index contributed by atoms with van der Waals surface area (Å²) in [5.41, 5.74) is 15.8. The molecule has 12 rings (SSSR count). The van der Waals surface area contributed by atoms with Gasteiger partial charge in [0.1, 0.15) is 11.2 Å². The van der Waals surface area contributed by atoms with E-state index in [0.717, 1.165) is 44.4 Å². The van der Waals surface area contributed by atoms with Crippen molar-refractivity contribution in [3.8, 4) is 44.8 Å². The number of nitrogens with zero attached hydrogens (tertiary/aromatic N) is 2. The van der Waals surface area contributed by atoms with E-state index < -0.39 is 0 Å². The van der Waals surface area contributed by atoms with Crippen LogP contribution in [0, 0.1) is 0 Å². The van der Waals surface area contributed by atoms with Crippen molar-refractivity contribution < 1.29 is 4.42 Å². The summed E-state index contributed by atoms with van der Waals surface area (Å²) in [5, 5.41) is 7.28. The predicted molar refractivity (Wildman–Crippen MR) is 239 cm³/mol. The van der Waals surface area contributed by atoms with E-state index in [2.05, 4.69) is 203 Å². The Morgan fingerprint density at radius 3 is 1.42 bits per heavy atom. The van der Waals surface area contributed by atoms with Crippen molar-refractivity contribution in [1.82, 2.24) is 9.13 Å². The fourth-order valence-corrected chi connectivity index (χ4v) is 9.17. The Morgan fingerprint density at radius 2 is 0.807 bits per heavy atom. The standard InChI is InChI=1S/C54H34N2O/c1-3-14-35(15-4-1)38-32-39(36-16-5-2-6-17-36)34-41(33-38)56-48-24-11-8-20-46(48)53-50(56)31-30-49-52(53)45-19-7-10-23-47(45)55(49)40-28-26-37(27-29-40)42-21-13-22-44-43-18-9-12-25-51(43)57-54(42)44/h1-34H. The van der Waals surface area contributed by atoms with Gasteiger partial charge in [-0.2, -0.15) is 0 Å². The minimum absolute atomic E-state index is 0.912. The summed E-state index contributed by atoms with van der Waals surface area (Å²) in [4.78, 5) is 0. The lowest BCUT2D eigenvalue weighted by Gasteiger charge is -2.14. The van der Waals surface area contributed by atoms with E-state index in [9.17, 15) is 0 Å². The largest absolute Gasteiger partial charge is 0.455 e. The van der Waals surface area contributed by atoms with Crippen molar-refractivity contribution in [2.45, 2.75) is 0 Å². The van der Waals surface area contributed by atoms with Gasteiger partial charge in [-0.15, -0.1) is 0 Å². The first-order valence-corrected chi connectivity index (χ1v) is 19.5. The first kappa shape index (κ1) is 31.7. The molecular formula is C54H34N2O. The van der Waals surface area contributed by atoms with Gasteiger partial charge < -0.3 is 13.6 Å². The first-order valence-electron chi connectivity index (χ1n) is 19.5. The van der Waals surface area contributed by atoms with Gasteiger partial charge in [0, 0.05) is 49.3 Å². The summed E-state index contributed by atoms with van der Waals surface area (Å²) < 4.78 is 11.3. The number of rotatable bonds is 5. The van der Waals surface area contributed by atoms with Crippen LogP contribution in [-0.4, -0.2) is 9.13 Å². The van der Waals surface area contributed by atoms with Crippen LogP contribution < -0.4 is 0 Å². The predicted octanol–water partition coefficient (Wildman–Crippen LogP) is 14.8. The molecule has 266 valence electrons. The second-order valence-corrected chi connectivity index (χ2v) is 14.9. The molecule has 0 bridgehead atoms. The van der Waals surface area contributed by atoms with Gasteiger partial charge in [0.2, 0.25) is 0 Å². The van der Waals surface area contributed by atoms with Gasteiger partial charge in [-0.25, -0.2) is 0 Å². The molecular weight excluding hydrogens is 693 g/mol. The number of para-hydroxylation sites is 4. The van der Waals surface area contributed by atoms with E-state index in [-0.39, 0.29) is 0 Å². The van der Waals surface area contributed by atoms with Crippen LogP contribution in [0.2, 0.25) is 0 Å². The van der Waals surface area contributed by atoms with Crippen LogP contribution in [0.4, 0.5) is 0 Å². The van der Waals surface area contributed by atoms with Crippen LogP contribution in [-0.2, 0) is 0 Å². The Morgan fingerprint density at radius 1 is 0.298 bits per heavy atom. The van der Waals surface area contributed by atoms with Crippen molar-refractivity contribution in [2.24, 2.45) is 0 Å². The molecule has 0 amide bonds. The van der Waals surface area contributed by atoms with Gasteiger partial charge in [-0.05, 0) is 88.5 Å². The number of benzene rings is 9. The maximum Gasteiger partial charge on any atom is 0.143 e. The second-order valence-electron chi connectivity index (χ2n) is 14.9. The van der Waals surface area contributed by atoms with Crippen molar-refractivity contribution in [3.05, 3.63) is 206 Å². The van der Waals surface area contributed by atoms with Crippen LogP contribution in [0.1, 0.15) is 0 Å². The number of hydrogen-bond donors (Lipinski definition) is 0. The fraction of sp³-hybridized carbons (Fsp3) is 0.